The molecule has 2 fully saturated rings. The highest BCUT2D eigenvalue weighted by molar-refractivity contribution is 5.97. The zero-order valence-electron chi connectivity index (χ0n) is 21.9. The molecule has 2 aliphatic heterocycles. The smallest absolute Gasteiger partial charge is 0.404 e. The van der Waals surface area contributed by atoms with E-state index in [2.05, 4.69) is 15.7 Å². The lowest BCUT2D eigenvalue weighted by Gasteiger charge is -2.41. The number of nitrogens with zero attached hydrogens (tertiary/aromatic N) is 2. The fraction of sp³-hybridized carbons (Fsp3) is 0.556. The first kappa shape index (κ1) is 27.7. The van der Waals surface area contributed by atoms with Crippen LogP contribution in [0, 0.1) is 5.92 Å². The monoisotopic (exact) mass is 528 g/mol. The first-order valence-electron chi connectivity index (χ1n) is 13.2. The number of carbonyl (C=O) groups is 3. The lowest BCUT2D eigenvalue weighted by Crippen LogP contribution is -2.58. The maximum Gasteiger partial charge on any atom is 0.415 e. The number of esters is 2. The van der Waals surface area contributed by atoms with Crippen LogP contribution in [0.4, 0.5) is 4.79 Å². The summed E-state index contributed by atoms with van der Waals surface area (Å²) in [6, 6.07) is 6.61. The molecule has 0 spiro atoms. The van der Waals surface area contributed by atoms with Crippen molar-refractivity contribution in [2.75, 3.05) is 26.3 Å². The molecule has 3 N–H and O–H groups in total. The third-order valence-electron chi connectivity index (χ3n) is 7.11. The topological polar surface area (TPSA) is 141 Å². The Labute approximate surface area is 221 Å². The van der Waals surface area contributed by atoms with Gasteiger partial charge in [-0.3, -0.25) is 0 Å². The Morgan fingerprint density at radius 3 is 2.58 bits per heavy atom. The van der Waals surface area contributed by atoms with Crippen LogP contribution in [-0.4, -0.2) is 70.9 Å². The van der Waals surface area contributed by atoms with E-state index < -0.39 is 29.7 Å². The Balaban J connectivity index is 1.36. The fourth-order valence-electron chi connectivity index (χ4n) is 4.98. The molecule has 0 radical (unpaired) electrons. The van der Waals surface area contributed by atoms with Gasteiger partial charge in [0.25, 0.3) is 0 Å². The maximum absolute atomic E-state index is 12.6. The number of aromatic nitrogens is 2. The summed E-state index contributed by atoms with van der Waals surface area (Å²) in [4.78, 5) is 37.3. The number of rotatable bonds is 8. The van der Waals surface area contributed by atoms with Gasteiger partial charge in [0.15, 0.2) is 0 Å². The first-order chi connectivity index (χ1) is 18.2. The van der Waals surface area contributed by atoms with Crippen molar-refractivity contribution in [2.24, 2.45) is 5.92 Å². The normalized spacial score (nSPS) is 18.9. The van der Waals surface area contributed by atoms with E-state index in [1.165, 1.54) is 0 Å². The van der Waals surface area contributed by atoms with Crippen molar-refractivity contribution in [3.05, 3.63) is 36.4 Å². The van der Waals surface area contributed by atoms with Crippen LogP contribution < -0.4 is 15.4 Å². The number of amides is 1. The van der Waals surface area contributed by atoms with Gasteiger partial charge in [0.1, 0.15) is 0 Å². The van der Waals surface area contributed by atoms with Crippen molar-refractivity contribution in [2.45, 2.75) is 63.6 Å². The van der Waals surface area contributed by atoms with Gasteiger partial charge in [-0.15, -0.1) is 0 Å². The maximum atomic E-state index is 12.6. The molecule has 1 aromatic heterocycles. The number of aliphatic hydroxyl groups is 1. The molecule has 3 heterocycles. The van der Waals surface area contributed by atoms with Crippen LogP contribution in [0.3, 0.4) is 0 Å². The van der Waals surface area contributed by atoms with Crippen LogP contribution >= 0.6 is 0 Å². The van der Waals surface area contributed by atoms with Crippen molar-refractivity contribution >= 4 is 28.9 Å². The minimum absolute atomic E-state index is 0.0633. The summed E-state index contributed by atoms with van der Waals surface area (Å²) in [6.45, 7) is 6.37. The lowest BCUT2D eigenvalue weighted by molar-refractivity contribution is -0.133. The number of hydrogen-bond donors (Lipinski definition) is 3. The Hall–Kier alpha value is -3.28. The Morgan fingerprint density at radius 1 is 1.18 bits per heavy atom. The zero-order chi connectivity index (χ0) is 27.1. The second-order valence-corrected chi connectivity index (χ2v) is 10.2. The van der Waals surface area contributed by atoms with Crippen molar-refractivity contribution in [3.63, 3.8) is 0 Å². The lowest BCUT2D eigenvalue weighted by atomic mass is 9.79. The molecule has 1 aromatic carbocycles. The number of ether oxygens (including phenoxy) is 3. The van der Waals surface area contributed by atoms with Crippen molar-refractivity contribution < 1.29 is 33.7 Å². The summed E-state index contributed by atoms with van der Waals surface area (Å²) in [5.74, 6) is -1.28. The highest BCUT2D eigenvalue weighted by Crippen LogP contribution is 2.30. The van der Waals surface area contributed by atoms with Gasteiger partial charge in [0, 0.05) is 25.4 Å². The molecule has 11 nitrogen and oxygen atoms in total. The molecular weight excluding hydrogens is 492 g/mol. The SMILES string of the molecule is CC(C)n1nc2ccccc2c1OC(=O)/C=C/C(=O)OC(=O)NC(CC1CCOCC1)C1(O)CCNCC1. The Bertz CT molecular complexity index is 1160. The van der Waals surface area contributed by atoms with Crippen LogP contribution in [-0.2, 0) is 19.1 Å². The Kier molecular flexibility index (Phi) is 9.13. The summed E-state index contributed by atoms with van der Waals surface area (Å²) in [5.41, 5.74) is -0.428. The van der Waals surface area contributed by atoms with E-state index in [1.807, 2.05) is 32.0 Å². The summed E-state index contributed by atoms with van der Waals surface area (Å²) < 4.78 is 17.4. The molecule has 4 rings (SSSR count). The van der Waals surface area contributed by atoms with E-state index in [0.29, 0.717) is 56.5 Å². The zero-order valence-corrected chi connectivity index (χ0v) is 21.9. The minimum atomic E-state index is -1.10. The molecule has 38 heavy (non-hydrogen) atoms. The molecule has 0 aliphatic carbocycles. The van der Waals surface area contributed by atoms with Gasteiger partial charge in [-0.05, 0) is 77.1 Å². The highest BCUT2D eigenvalue weighted by Gasteiger charge is 2.40. The van der Waals surface area contributed by atoms with E-state index in [4.69, 9.17) is 14.2 Å². The largest absolute Gasteiger partial charge is 0.415 e. The van der Waals surface area contributed by atoms with Crippen LogP contribution in [0.5, 0.6) is 5.88 Å². The molecule has 206 valence electrons. The molecule has 0 bridgehead atoms. The summed E-state index contributed by atoms with van der Waals surface area (Å²) in [7, 11) is 0. The summed E-state index contributed by atoms with van der Waals surface area (Å²) in [6.07, 6.45) is 3.97. The van der Waals surface area contributed by atoms with E-state index >= 15 is 0 Å². The van der Waals surface area contributed by atoms with Crippen molar-refractivity contribution in [1.82, 2.24) is 20.4 Å². The van der Waals surface area contributed by atoms with Crippen LogP contribution in [0.2, 0.25) is 0 Å². The first-order valence-corrected chi connectivity index (χ1v) is 13.2. The van der Waals surface area contributed by atoms with Crippen molar-refractivity contribution in [3.8, 4) is 5.88 Å². The molecule has 0 saturated carbocycles. The third-order valence-corrected chi connectivity index (χ3v) is 7.11. The number of alkyl carbamates (subject to hydrolysis) is 1. The highest BCUT2D eigenvalue weighted by atomic mass is 16.6. The molecule has 2 aliphatic rings. The number of piperidine rings is 1. The Morgan fingerprint density at radius 2 is 1.87 bits per heavy atom. The van der Waals surface area contributed by atoms with Crippen molar-refractivity contribution in [1.29, 1.82) is 0 Å². The minimum Gasteiger partial charge on any atom is -0.404 e. The van der Waals surface area contributed by atoms with Gasteiger partial charge in [0.2, 0.25) is 5.88 Å². The van der Waals surface area contributed by atoms with Gasteiger partial charge < -0.3 is 30.0 Å². The number of fused-ring (bicyclic) bond motifs is 1. The quantitative estimate of drug-likeness (QED) is 0.268. The number of nitrogens with one attached hydrogen (secondary N) is 2. The molecule has 11 heteroatoms. The van der Waals surface area contributed by atoms with Crippen LogP contribution in [0.1, 0.15) is 52.0 Å². The molecule has 1 amide bonds. The van der Waals surface area contributed by atoms with E-state index in [9.17, 15) is 19.5 Å². The van der Waals surface area contributed by atoms with Crippen LogP contribution in [0.25, 0.3) is 10.9 Å². The number of benzene rings is 1. The molecule has 1 atom stereocenters. The summed E-state index contributed by atoms with van der Waals surface area (Å²) in [5, 5.41) is 22.3. The molecule has 1 unspecified atom stereocenters. The average molecular weight is 529 g/mol. The van der Waals surface area contributed by atoms with E-state index in [-0.39, 0.29) is 17.8 Å². The second-order valence-electron chi connectivity index (χ2n) is 10.2. The number of carbonyl (C=O) groups excluding carboxylic acids is 3. The molecule has 2 saturated heterocycles. The van der Waals surface area contributed by atoms with Gasteiger partial charge in [-0.25, -0.2) is 19.1 Å². The van der Waals surface area contributed by atoms with E-state index in [0.717, 1.165) is 25.0 Å². The van der Waals surface area contributed by atoms with E-state index in [1.54, 1.807) is 10.7 Å². The fourth-order valence-corrected chi connectivity index (χ4v) is 4.98. The predicted octanol–water partition coefficient (Wildman–Crippen LogP) is 2.63. The number of hydrogen-bond acceptors (Lipinski definition) is 9. The average Bonchev–Trinajstić information content (AvgIpc) is 3.27. The van der Waals surface area contributed by atoms with Gasteiger partial charge >= 0.3 is 18.0 Å². The summed E-state index contributed by atoms with van der Waals surface area (Å²) >= 11 is 0. The third kappa shape index (κ3) is 6.97. The standard InChI is InChI=1S/C27H36N4O7/c1-18(2)31-25(20-5-3-4-6-21(20)30-31)37-23(32)7-8-24(33)38-26(34)29-22(17-19-9-15-36-16-10-19)27(35)11-13-28-14-12-27/h3-8,18-19,22,28,35H,9-17H2,1-2H3,(H,29,34)/b8-7+. The van der Waals surface area contributed by atoms with Gasteiger partial charge in [-0.2, -0.15) is 5.10 Å². The predicted molar refractivity (Wildman–Crippen MR) is 139 cm³/mol. The molecule has 2 aromatic rings. The van der Waals surface area contributed by atoms with Gasteiger partial charge in [-0.1, -0.05) is 12.1 Å². The van der Waals surface area contributed by atoms with Crippen LogP contribution in [0.15, 0.2) is 36.4 Å². The molecular formula is C27H36N4O7. The van der Waals surface area contributed by atoms with Gasteiger partial charge in [0.05, 0.1) is 28.6 Å². The second kappa shape index (κ2) is 12.5.